The van der Waals surface area contributed by atoms with Crippen LogP contribution in [0.4, 0.5) is 79.0 Å². The summed E-state index contributed by atoms with van der Waals surface area (Å²) in [5.74, 6) is -43.7. The molecule has 0 amide bonds. The molecule has 0 aromatic heterocycles. The Bertz CT molecular complexity index is 888. The Morgan fingerprint density at radius 2 is 0.853 bits per heavy atom. The number of hydrogen-bond donors (Lipinski definition) is 0. The number of rotatable bonds is 7. The van der Waals surface area contributed by atoms with E-state index >= 15 is 0 Å². The minimum absolute atomic E-state index is 0.302. The lowest BCUT2D eigenvalue weighted by molar-refractivity contribution is -0.400. The summed E-state index contributed by atoms with van der Waals surface area (Å²) in [6, 6.07) is -2.13. The molecule has 0 fully saturated rings. The maximum atomic E-state index is 14.2. The van der Waals surface area contributed by atoms with Gasteiger partial charge < -0.3 is 0 Å². The summed E-state index contributed by atoms with van der Waals surface area (Å²) >= 11 is 0. The van der Waals surface area contributed by atoms with E-state index in [1.165, 1.54) is 0 Å². The molecule has 0 aliphatic carbocycles. The van der Waals surface area contributed by atoms with Gasteiger partial charge in [0, 0.05) is 11.1 Å². The molecular weight excluding hydrogens is 534 g/mol. The Kier molecular flexibility index (Phi) is 7.05. The smallest absolute Gasteiger partial charge is 0.194 e. The minimum Gasteiger partial charge on any atom is -0.194 e. The highest BCUT2D eigenvalue weighted by Crippen LogP contribution is 2.59. The van der Waals surface area contributed by atoms with E-state index in [0.717, 1.165) is 0 Å². The molecule has 34 heavy (non-hydrogen) atoms. The van der Waals surface area contributed by atoms with E-state index < -0.39 is 83.1 Å². The van der Waals surface area contributed by atoms with E-state index in [2.05, 4.69) is 6.92 Å². The third kappa shape index (κ3) is 4.03. The predicted molar refractivity (Wildman–Crippen MR) is 75.2 cm³/mol. The van der Waals surface area contributed by atoms with Gasteiger partial charge in [-0.1, -0.05) is 12.1 Å². The fraction of sp³-hybridized carbons (Fsp3) is 0.562. The van der Waals surface area contributed by atoms with Crippen LogP contribution in [0.15, 0.2) is 18.2 Å². The third-order valence-electron chi connectivity index (χ3n) is 4.37. The van der Waals surface area contributed by atoms with Crippen molar-refractivity contribution >= 4 is 0 Å². The van der Waals surface area contributed by atoms with Gasteiger partial charge in [0.05, 0.1) is 0 Å². The van der Waals surface area contributed by atoms with Crippen LogP contribution in [0.1, 0.15) is 16.7 Å². The monoisotopic (exact) mass is 541 g/mol. The fourth-order valence-electron chi connectivity index (χ4n) is 2.38. The van der Waals surface area contributed by atoms with E-state index in [1.807, 2.05) is 0 Å². The average molecular weight is 541 g/mol. The Balaban J connectivity index is 3.88. The van der Waals surface area contributed by atoms with Gasteiger partial charge in [-0.25, -0.2) is 0 Å². The van der Waals surface area contributed by atoms with Crippen molar-refractivity contribution in [2.75, 3.05) is 0 Å². The Morgan fingerprint density at radius 3 is 1.18 bits per heavy atom. The molecule has 0 bridgehead atoms. The molecule has 0 saturated carbocycles. The zero-order valence-electron chi connectivity index (χ0n) is 15.4. The molecule has 1 aromatic carbocycles. The van der Waals surface area contributed by atoms with Gasteiger partial charge in [0.2, 0.25) is 0 Å². The van der Waals surface area contributed by atoms with Gasteiger partial charge in [-0.15, -0.1) is 0 Å². The molecule has 0 nitrogen and oxygen atoms in total. The first-order valence-corrected chi connectivity index (χ1v) is 7.99. The number of hydrogen-bond acceptors (Lipinski definition) is 0. The highest BCUT2D eigenvalue weighted by molar-refractivity contribution is 5.40. The molecule has 1 radical (unpaired) electrons. The lowest BCUT2D eigenvalue weighted by Gasteiger charge is -2.36. The van der Waals surface area contributed by atoms with Gasteiger partial charge in [0.1, 0.15) is 0 Å². The first kappa shape index (κ1) is 30.0. The maximum absolute atomic E-state index is 14.2. The van der Waals surface area contributed by atoms with Crippen molar-refractivity contribution in [2.45, 2.75) is 54.3 Å². The maximum Gasteiger partial charge on any atom is 0.460 e. The van der Waals surface area contributed by atoms with Gasteiger partial charge in [-0.3, -0.25) is 0 Å². The zero-order chi connectivity index (χ0) is 27.6. The summed E-state index contributed by atoms with van der Waals surface area (Å²) in [5.41, 5.74) is -7.42. The van der Waals surface area contributed by atoms with Crippen LogP contribution < -0.4 is 0 Å². The highest BCUT2D eigenvalue weighted by Gasteiger charge is 2.83. The normalized spacial score (nSPS) is 15.6. The lowest BCUT2D eigenvalue weighted by Crippen LogP contribution is -2.60. The summed E-state index contributed by atoms with van der Waals surface area (Å²) < 4.78 is 236. The molecule has 0 heterocycles. The summed E-state index contributed by atoms with van der Waals surface area (Å²) in [6.07, 6.45) is -16.0. The van der Waals surface area contributed by atoms with Gasteiger partial charge in [0.15, 0.2) is 0 Å². The second kappa shape index (κ2) is 7.99. The van der Waals surface area contributed by atoms with E-state index in [1.54, 1.807) is 0 Å². The first-order valence-electron chi connectivity index (χ1n) is 7.99. The second-order valence-corrected chi connectivity index (χ2v) is 6.56. The van der Waals surface area contributed by atoms with Crippen LogP contribution in [0.25, 0.3) is 0 Å². The molecular formula is C16H7F18. The molecule has 0 aliphatic heterocycles. The van der Waals surface area contributed by atoms with Crippen molar-refractivity contribution in [3.8, 4) is 0 Å². The molecule has 197 valence electrons. The van der Waals surface area contributed by atoms with Crippen molar-refractivity contribution in [2.24, 2.45) is 0 Å². The molecule has 0 saturated heterocycles. The van der Waals surface area contributed by atoms with E-state index in [-0.39, 0.29) is 6.07 Å². The van der Waals surface area contributed by atoms with Gasteiger partial charge >= 0.3 is 47.9 Å². The van der Waals surface area contributed by atoms with Crippen molar-refractivity contribution in [3.05, 3.63) is 41.8 Å². The topological polar surface area (TPSA) is 0 Å². The standard InChI is InChI=1S/C16H7F18/c1-2-6-3-4-7(9(17,18)11(21,22)13(25,26)15(29,30)31)5-8(6)10(19,20)12(23,24)14(27,28)16(32,33)34/h3-5H,1-2H2. The molecule has 0 atom stereocenters. The van der Waals surface area contributed by atoms with E-state index in [9.17, 15) is 79.0 Å². The van der Waals surface area contributed by atoms with Crippen LogP contribution in [-0.4, -0.2) is 36.0 Å². The molecule has 0 aliphatic rings. The van der Waals surface area contributed by atoms with Crippen LogP contribution in [0.3, 0.4) is 0 Å². The Morgan fingerprint density at radius 1 is 0.500 bits per heavy atom. The molecule has 1 rings (SSSR count). The van der Waals surface area contributed by atoms with Crippen LogP contribution in [0.5, 0.6) is 0 Å². The second-order valence-electron chi connectivity index (χ2n) is 6.56. The predicted octanol–water partition coefficient (Wildman–Crippen LogP) is 7.91. The quantitative estimate of drug-likeness (QED) is 0.308. The van der Waals surface area contributed by atoms with Crippen molar-refractivity contribution < 1.29 is 79.0 Å². The largest absolute Gasteiger partial charge is 0.460 e. The summed E-state index contributed by atoms with van der Waals surface area (Å²) in [6.45, 7) is 2.74. The Labute approximate surface area is 176 Å². The molecule has 18 heteroatoms. The van der Waals surface area contributed by atoms with Crippen molar-refractivity contribution in [1.29, 1.82) is 0 Å². The van der Waals surface area contributed by atoms with Crippen molar-refractivity contribution in [1.82, 2.24) is 0 Å². The van der Waals surface area contributed by atoms with E-state index in [4.69, 9.17) is 0 Å². The first-order chi connectivity index (χ1) is 14.7. The lowest BCUT2D eigenvalue weighted by atomic mass is 9.88. The van der Waals surface area contributed by atoms with Crippen molar-refractivity contribution in [3.63, 3.8) is 0 Å². The Hall–Kier alpha value is -2.04. The zero-order valence-corrected chi connectivity index (χ0v) is 15.4. The molecule has 0 N–H and O–H groups in total. The summed E-state index contributed by atoms with van der Waals surface area (Å²) in [4.78, 5) is 0. The van der Waals surface area contributed by atoms with E-state index in [0.29, 0.717) is 0 Å². The number of benzene rings is 1. The third-order valence-corrected chi connectivity index (χ3v) is 4.37. The average Bonchev–Trinajstić information content (AvgIpc) is 2.64. The highest BCUT2D eigenvalue weighted by atomic mass is 19.4. The van der Waals surface area contributed by atoms with Gasteiger partial charge in [0.25, 0.3) is 0 Å². The number of alkyl halides is 18. The van der Waals surface area contributed by atoms with Crippen LogP contribution in [0, 0.1) is 6.92 Å². The number of halogens is 18. The molecule has 0 unspecified atom stereocenters. The molecule has 1 aromatic rings. The summed E-state index contributed by atoms with van der Waals surface area (Å²) in [5, 5.41) is 0. The fourth-order valence-corrected chi connectivity index (χ4v) is 2.38. The van der Waals surface area contributed by atoms with Crippen LogP contribution in [-0.2, 0) is 18.3 Å². The minimum atomic E-state index is -7.56. The van der Waals surface area contributed by atoms with Crippen LogP contribution in [0.2, 0.25) is 0 Å². The SMILES string of the molecule is [CH2]Cc1ccc(C(F)(F)C(F)(F)C(F)(F)C(F)(F)F)cc1C(F)(F)C(F)(F)C(F)(F)C(F)(F)F. The van der Waals surface area contributed by atoms with Gasteiger partial charge in [-0.2, -0.15) is 79.0 Å². The van der Waals surface area contributed by atoms with Crippen LogP contribution >= 0.6 is 0 Å². The summed E-state index contributed by atoms with van der Waals surface area (Å²) in [7, 11) is 0. The molecule has 0 spiro atoms. The van der Waals surface area contributed by atoms with Gasteiger partial charge in [-0.05, 0) is 25.0 Å².